The highest BCUT2D eigenvalue weighted by Crippen LogP contribution is 2.30. The Balaban J connectivity index is 1.55. The molecule has 0 aliphatic carbocycles. The summed E-state index contributed by atoms with van der Waals surface area (Å²) in [5.74, 6) is 1.09. The molecular formula is C25H26N4O2. The zero-order valence-electron chi connectivity index (χ0n) is 18.1. The van der Waals surface area contributed by atoms with Crippen molar-refractivity contribution in [3.63, 3.8) is 0 Å². The van der Waals surface area contributed by atoms with Gasteiger partial charge in [0.05, 0.1) is 5.52 Å². The number of nitrogens with zero attached hydrogens (tertiary/aromatic N) is 3. The predicted molar refractivity (Wildman–Crippen MR) is 124 cm³/mol. The van der Waals surface area contributed by atoms with Gasteiger partial charge in [0.1, 0.15) is 11.3 Å². The van der Waals surface area contributed by atoms with E-state index in [2.05, 4.69) is 41.2 Å². The van der Waals surface area contributed by atoms with Gasteiger partial charge in [-0.05, 0) is 60.7 Å². The summed E-state index contributed by atoms with van der Waals surface area (Å²) >= 11 is 0. The molecule has 0 saturated heterocycles. The van der Waals surface area contributed by atoms with Crippen LogP contribution in [0.5, 0.6) is 5.75 Å². The second-order valence-electron chi connectivity index (χ2n) is 7.93. The molecule has 0 aliphatic heterocycles. The van der Waals surface area contributed by atoms with E-state index >= 15 is 0 Å². The van der Waals surface area contributed by atoms with Crippen LogP contribution in [0.3, 0.4) is 0 Å². The fourth-order valence-corrected chi connectivity index (χ4v) is 3.64. The Kier molecular flexibility index (Phi) is 5.71. The van der Waals surface area contributed by atoms with Gasteiger partial charge in [-0.25, -0.2) is 4.98 Å². The highest BCUT2D eigenvalue weighted by atomic mass is 16.5. The number of nitrogens with two attached hydrogens (primary N) is 1. The molecule has 0 bridgehead atoms. The number of ether oxygens (including phenoxy) is 1. The Labute approximate surface area is 181 Å². The van der Waals surface area contributed by atoms with Crippen LogP contribution in [0.15, 0.2) is 54.7 Å². The molecule has 0 spiro atoms. The Bertz CT molecular complexity index is 1250. The molecule has 6 heteroatoms. The Morgan fingerprint density at radius 1 is 1.06 bits per heavy atom. The number of hydrogen-bond acceptors (Lipinski definition) is 5. The van der Waals surface area contributed by atoms with E-state index in [9.17, 15) is 4.79 Å². The summed E-state index contributed by atoms with van der Waals surface area (Å²) in [6.07, 6.45) is 3.52. The van der Waals surface area contributed by atoms with Crippen LogP contribution in [0.4, 0.5) is 5.82 Å². The molecule has 2 aromatic heterocycles. The molecule has 4 rings (SSSR count). The number of benzene rings is 2. The maximum atomic E-state index is 11.7. The number of aryl methyl sites for hydroxylation is 3. The lowest BCUT2D eigenvalue weighted by Gasteiger charge is -2.12. The van der Waals surface area contributed by atoms with E-state index in [4.69, 9.17) is 10.5 Å². The minimum Gasteiger partial charge on any atom is -0.484 e. The number of amides is 1. The van der Waals surface area contributed by atoms with Gasteiger partial charge in [-0.2, -0.15) is 0 Å². The first-order valence-electron chi connectivity index (χ1n) is 10.3. The number of likely N-dealkylation sites (N-methyl/N-ethyl adjacent to an activating group) is 1. The summed E-state index contributed by atoms with van der Waals surface area (Å²) < 4.78 is 5.56. The molecule has 0 saturated carbocycles. The van der Waals surface area contributed by atoms with E-state index in [1.807, 2.05) is 24.3 Å². The lowest BCUT2D eigenvalue weighted by Crippen LogP contribution is -2.27. The molecular weight excluding hydrogens is 388 g/mol. The van der Waals surface area contributed by atoms with Gasteiger partial charge in [-0.3, -0.25) is 9.78 Å². The Morgan fingerprint density at radius 2 is 1.84 bits per heavy atom. The van der Waals surface area contributed by atoms with Gasteiger partial charge in [0.15, 0.2) is 12.4 Å². The normalized spacial score (nSPS) is 11.1. The van der Waals surface area contributed by atoms with Crippen molar-refractivity contribution in [2.24, 2.45) is 0 Å². The number of rotatable bonds is 6. The summed E-state index contributed by atoms with van der Waals surface area (Å²) in [7, 11) is 3.43. The van der Waals surface area contributed by atoms with Crippen LogP contribution in [-0.4, -0.2) is 41.5 Å². The first-order chi connectivity index (χ1) is 14.9. The summed E-state index contributed by atoms with van der Waals surface area (Å²) in [6, 6.07) is 16.2. The summed E-state index contributed by atoms with van der Waals surface area (Å²) in [4.78, 5) is 22.2. The van der Waals surface area contributed by atoms with Crippen molar-refractivity contribution in [1.82, 2.24) is 14.9 Å². The monoisotopic (exact) mass is 414 g/mol. The van der Waals surface area contributed by atoms with Crippen LogP contribution in [0.1, 0.15) is 16.7 Å². The fourth-order valence-electron chi connectivity index (χ4n) is 3.64. The maximum Gasteiger partial charge on any atom is 0.259 e. The first-order valence-corrected chi connectivity index (χ1v) is 10.3. The zero-order valence-corrected chi connectivity index (χ0v) is 18.1. The smallest absolute Gasteiger partial charge is 0.259 e. The van der Waals surface area contributed by atoms with Crippen molar-refractivity contribution >= 4 is 33.5 Å². The zero-order chi connectivity index (χ0) is 22.0. The predicted octanol–water partition coefficient (Wildman–Crippen LogP) is 3.93. The van der Waals surface area contributed by atoms with Gasteiger partial charge < -0.3 is 15.4 Å². The van der Waals surface area contributed by atoms with Gasteiger partial charge in [0, 0.05) is 31.1 Å². The molecule has 2 heterocycles. The van der Waals surface area contributed by atoms with Gasteiger partial charge >= 0.3 is 0 Å². The molecule has 31 heavy (non-hydrogen) atoms. The van der Waals surface area contributed by atoms with Crippen LogP contribution in [0, 0.1) is 6.92 Å². The van der Waals surface area contributed by atoms with Crippen molar-refractivity contribution in [3.05, 3.63) is 71.4 Å². The van der Waals surface area contributed by atoms with Crippen molar-refractivity contribution < 1.29 is 9.53 Å². The summed E-state index contributed by atoms with van der Waals surface area (Å²) in [5, 5.41) is 2.15. The van der Waals surface area contributed by atoms with Crippen LogP contribution in [0.25, 0.3) is 21.8 Å². The molecule has 158 valence electrons. The minimum absolute atomic E-state index is 0.0390. The van der Waals surface area contributed by atoms with Crippen molar-refractivity contribution in [2.45, 2.75) is 19.8 Å². The number of aromatic nitrogens is 2. The average Bonchev–Trinajstić information content (AvgIpc) is 2.76. The van der Waals surface area contributed by atoms with Crippen molar-refractivity contribution in [1.29, 1.82) is 0 Å². The quantitative estimate of drug-likeness (QED) is 0.484. The molecule has 0 fully saturated rings. The molecule has 2 aromatic carbocycles. The molecule has 6 nitrogen and oxygen atoms in total. The number of anilines is 1. The molecule has 4 aromatic rings. The standard InChI is InChI=1S/C25H26N4O2/c1-16-4-11-20-21(14-16)28-25(26)24-23(20)18(12-13-27-24)8-5-17-6-9-19(10-7-17)31-15-22(30)29(2)3/h4,6-7,9-14H,5,8,15H2,1-3H3,(H2,26,28). The molecule has 0 radical (unpaired) electrons. The lowest BCUT2D eigenvalue weighted by atomic mass is 9.98. The molecule has 0 atom stereocenters. The van der Waals surface area contributed by atoms with E-state index in [0.717, 1.165) is 40.2 Å². The number of carbonyl (C=O) groups is 1. The molecule has 1 amide bonds. The SMILES string of the molecule is Cc1ccc2c(c1)nc(N)c1nccc(CCc3ccc(OCC(=O)N(C)C)cc3)c12. The Hall–Kier alpha value is -3.67. The third-order valence-corrected chi connectivity index (χ3v) is 5.41. The van der Waals surface area contributed by atoms with E-state index in [0.29, 0.717) is 11.6 Å². The van der Waals surface area contributed by atoms with E-state index in [-0.39, 0.29) is 12.5 Å². The number of nitrogen functional groups attached to an aromatic ring is 1. The highest BCUT2D eigenvalue weighted by molar-refractivity contribution is 6.09. The van der Waals surface area contributed by atoms with Crippen LogP contribution in [-0.2, 0) is 17.6 Å². The average molecular weight is 415 g/mol. The lowest BCUT2D eigenvalue weighted by molar-refractivity contribution is -0.130. The maximum absolute atomic E-state index is 11.7. The second-order valence-corrected chi connectivity index (χ2v) is 7.93. The van der Waals surface area contributed by atoms with Gasteiger partial charge in [0.2, 0.25) is 0 Å². The molecule has 0 unspecified atom stereocenters. The Morgan fingerprint density at radius 3 is 2.58 bits per heavy atom. The topological polar surface area (TPSA) is 81.3 Å². The van der Waals surface area contributed by atoms with Gasteiger partial charge in [0.25, 0.3) is 5.91 Å². The second kappa shape index (κ2) is 8.60. The van der Waals surface area contributed by atoms with Crippen LogP contribution < -0.4 is 10.5 Å². The molecule has 2 N–H and O–H groups in total. The number of carbonyl (C=O) groups excluding carboxylic acids is 1. The van der Waals surface area contributed by atoms with E-state index in [1.165, 1.54) is 16.0 Å². The van der Waals surface area contributed by atoms with E-state index in [1.54, 1.807) is 20.3 Å². The summed E-state index contributed by atoms with van der Waals surface area (Å²) in [5.41, 5.74) is 11.4. The first kappa shape index (κ1) is 20.6. The van der Waals surface area contributed by atoms with Crippen LogP contribution >= 0.6 is 0 Å². The largest absolute Gasteiger partial charge is 0.484 e. The third kappa shape index (κ3) is 4.43. The number of hydrogen-bond donors (Lipinski definition) is 1. The molecule has 0 aliphatic rings. The fraction of sp³-hybridized carbons (Fsp3) is 0.240. The van der Waals surface area contributed by atoms with E-state index < -0.39 is 0 Å². The van der Waals surface area contributed by atoms with Crippen molar-refractivity contribution in [2.75, 3.05) is 26.4 Å². The number of fused-ring (bicyclic) bond motifs is 3. The van der Waals surface area contributed by atoms with Crippen molar-refractivity contribution in [3.8, 4) is 5.75 Å². The van der Waals surface area contributed by atoms with Gasteiger partial charge in [-0.15, -0.1) is 0 Å². The van der Waals surface area contributed by atoms with Gasteiger partial charge in [-0.1, -0.05) is 24.3 Å². The highest BCUT2D eigenvalue weighted by Gasteiger charge is 2.12. The summed E-state index contributed by atoms with van der Waals surface area (Å²) in [6.45, 7) is 2.09. The minimum atomic E-state index is -0.0650. The van der Waals surface area contributed by atoms with Crippen LogP contribution in [0.2, 0.25) is 0 Å². The third-order valence-electron chi connectivity index (χ3n) is 5.41. The number of pyridine rings is 2.